The Labute approximate surface area is 52.2 Å². The number of carbonyl (C=O) groups is 2. The number of hydrogen-bond donors (Lipinski definition) is 1. The van der Waals surface area contributed by atoms with Crippen molar-refractivity contribution in [1.29, 1.82) is 0 Å². The SMILES string of the molecule is CC1NC(=O)COC1=O. The van der Waals surface area contributed by atoms with Gasteiger partial charge in [-0.3, -0.25) is 4.79 Å². The molecule has 1 N–H and O–H groups in total. The third-order valence-electron chi connectivity index (χ3n) is 1.08. The van der Waals surface area contributed by atoms with Gasteiger partial charge in [0.25, 0.3) is 5.91 Å². The van der Waals surface area contributed by atoms with Gasteiger partial charge in [0, 0.05) is 0 Å². The van der Waals surface area contributed by atoms with Crippen LogP contribution in [0.5, 0.6) is 0 Å². The molecule has 0 spiro atoms. The number of carbonyl (C=O) groups excluding carboxylic acids is 2. The Morgan fingerprint density at radius 1 is 1.67 bits per heavy atom. The first-order valence-corrected chi connectivity index (χ1v) is 2.66. The van der Waals surface area contributed by atoms with Gasteiger partial charge < -0.3 is 10.1 Å². The lowest BCUT2D eigenvalue weighted by atomic mass is 10.3. The maximum Gasteiger partial charge on any atom is 0.328 e. The number of ether oxygens (including phenoxy) is 1. The molecule has 1 atom stereocenters. The van der Waals surface area contributed by atoms with Gasteiger partial charge >= 0.3 is 5.97 Å². The van der Waals surface area contributed by atoms with Gasteiger partial charge in [-0.15, -0.1) is 0 Å². The van der Waals surface area contributed by atoms with E-state index in [1.807, 2.05) is 0 Å². The van der Waals surface area contributed by atoms with Gasteiger partial charge in [0.1, 0.15) is 6.04 Å². The molecule has 9 heavy (non-hydrogen) atoms. The molecule has 0 bridgehead atoms. The van der Waals surface area contributed by atoms with Crippen molar-refractivity contribution in [2.75, 3.05) is 6.61 Å². The van der Waals surface area contributed by atoms with E-state index in [9.17, 15) is 9.59 Å². The molecule has 4 heteroatoms. The van der Waals surface area contributed by atoms with E-state index in [2.05, 4.69) is 10.1 Å². The molecule has 1 rings (SSSR count). The van der Waals surface area contributed by atoms with E-state index < -0.39 is 6.04 Å². The summed E-state index contributed by atoms with van der Waals surface area (Å²) in [5.41, 5.74) is 0. The molecule has 0 aromatic rings. The van der Waals surface area contributed by atoms with E-state index in [1.165, 1.54) is 0 Å². The average molecular weight is 129 g/mol. The van der Waals surface area contributed by atoms with E-state index in [0.29, 0.717) is 0 Å². The fourth-order valence-corrected chi connectivity index (χ4v) is 0.604. The van der Waals surface area contributed by atoms with Gasteiger partial charge in [-0.1, -0.05) is 0 Å². The minimum absolute atomic E-state index is 0.136. The van der Waals surface area contributed by atoms with Crippen molar-refractivity contribution in [1.82, 2.24) is 5.32 Å². The average Bonchev–Trinajstić information content (AvgIpc) is 1.80. The summed E-state index contributed by atoms with van der Waals surface area (Å²) in [6.45, 7) is 1.45. The predicted molar refractivity (Wildman–Crippen MR) is 28.6 cm³/mol. The molecule has 1 aliphatic heterocycles. The molecular weight excluding hydrogens is 122 g/mol. The van der Waals surface area contributed by atoms with Crippen LogP contribution in [-0.4, -0.2) is 24.5 Å². The van der Waals surface area contributed by atoms with E-state index in [1.54, 1.807) is 6.92 Å². The van der Waals surface area contributed by atoms with Crippen molar-refractivity contribution in [2.24, 2.45) is 0 Å². The smallest absolute Gasteiger partial charge is 0.328 e. The molecule has 1 saturated heterocycles. The molecule has 0 aromatic heterocycles. The molecule has 50 valence electrons. The largest absolute Gasteiger partial charge is 0.454 e. The van der Waals surface area contributed by atoms with Crippen LogP contribution < -0.4 is 5.32 Å². The van der Waals surface area contributed by atoms with E-state index in [4.69, 9.17) is 0 Å². The summed E-state index contributed by atoms with van der Waals surface area (Å²) in [4.78, 5) is 20.9. The Balaban J connectivity index is 2.54. The van der Waals surface area contributed by atoms with Gasteiger partial charge in [-0.2, -0.15) is 0 Å². The fourth-order valence-electron chi connectivity index (χ4n) is 0.604. The molecule has 1 aliphatic rings. The Kier molecular flexibility index (Phi) is 1.38. The predicted octanol–water partition coefficient (Wildman–Crippen LogP) is -0.952. The van der Waals surface area contributed by atoms with Gasteiger partial charge in [0.05, 0.1) is 0 Å². The summed E-state index contributed by atoms with van der Waals surface area (Å²) >= 11 is 0. The molecular formula is C5H7NO3. The molecule has 0 saturated carbocycles. The monoisotopic (exact) mass is 129 g/mol. The van der Waals surface area contributed by atoms with Crippen LogP contribution in [0.15, 0.2) is 0 Å². The van der Waals surface area contributed by atoms with Gasteiger partial charge in [0.2, 0.25) is 0 Å². The zero-order valence-electron chi connectivity index (χ0n) is 5.01. The van der Waals surface area contributed by atoms with Crippen molar-refractivity contribution in [3.63, 3.8) is 0 Å². The highest BCUT2D eigenvalue weighted by Gasteiger charge is 2.22. The molecule has 1 unspecified atom stereocenters. The quantitative estimate of drug-likeness (QED) is 0.429. The normalized spacial score (nSPS) is 27.0. The lowest BCUT2D eigenvalue weighted by molar-refractivity contribution is -0.156. The fraction of sp³-hybridized carbons (Fsp3) is 0.600. The third-order valence-corrected chi connectivity index (χ3v) is 1.08. The molecule has 1 amide bonds. The zero-order valence-corrected chi connectivity index (χ0v) is 5.01. The Morgan fingerprint density at radius 2 is 2.33 bits per heavy atom. The maximum absolute atomic E-state index is 10.5. The van der Waals surface area contributed by atoms with E-state index >= 15 is 0 Å². The van der Waals surface area contributed by atoms with Crippen molar-refractivity contribution in [3.8, 4) is 0 Å². The van der Waals surface area contributed by atoms with Crippen molar-refractivity contribution in [3.05, 3.63) is 0 Å². The summed E-state index contributed by atoms with van der Waals surface area (Å²) in [7, 11) is 0. The first-order chi connectivity index (χ1) is 4.20. The van der Waals surface area contributed by atoms with Crippen molar-refractivity contribution >= 4 is 11.9 Å². The van der Waals surface area contributed by atoms with Gasteiger partial charge in [-0.05, 0) is 6.92 Å². The van der Waals surface area contributed by atoms with Crippen LogP contribution in [0.25, 0.3) is 0 Å². The first-order valence-electron chi connectivity index (χ1n) is 2.66. The number of hydrogen-bond acceptors (Lipinski definition) is 3. The molecule has 0 radical (unpaired) electrons. The highest BCUT2D eigenvalue weighted by Crippen LogP contribution is 1.93. The number of nitrogens with one attached hydrogen (secondary N) is 1. The summed E-state index contributed by atoms with van der Waals surface area (Å²) in [6.07, 6.45) is 0. The highest BCUT2D eigenvalue weighted by molar-refractivity contribution is 5.89. The van der Waals surface area contributed by atoms with Crippen LogP contribution in [0.1, 0.15) is 6.92 Å². The van der Waals surface area contributed by atoms with Crippen molar-refractivity contribution in [2.45, 2.75) is 13.0 Å². The minimum atomic E-state index is -0.480. The maximum atomic E-state index is 10.5. The molecule has 0 aliphatic carbocycles. The second-order valence-corrected chi connectivity index (χ2v) is 1.90. The Hall–Kier alpha value is -1.06. The first kappa shape index (κ1) is 6.07. The standard InChI is InChI=1S/C5H7NO3/c1-3-5(8)9-2-4(7)6-3/h3H,2H2,1H3,(H,6,7). The van der Waals surface area contributed by atoms with Crippen LogP contribution in [0.4, 0.5) is 0 Å². The number of morpholine rings is 1. The van der Waals surface area contributed by atoms with E-state index in [0.717, 1.165) is 0 Å². The van der Waals surface area contributed by atoms with Crippen LogP contribution in [0.3, 0.4) is 0 Å². The Bertz CT molecular complexity index is 154. The van der Waals surface area contributed by atoms with Crippen LogP contribution >= 0.6 is 0 Å². The summed E-state index contributed by atoms with van der Waals surface area (Å²) in [6, 6.07) is -0.480. The molecule has 0 aromatic carbocycles. The van der Waals surface area contributed by atoms with Crippen molar-refractivity contribution < 1.29 is 14.3 Å². The van der Waals surface area contributed by atoms with Gasteiger partial charge in [0.15, 0.2) is 6.61 Å². The lowest BCUT2D eigenvalue weighted by Crippen LogP contribution is -2.47. The van der Waals surface area contributed by atoms with Gasteiger partial charge in [-0.25, -0.2) is 4.79 Å². The summed E-state index contributed by atoms with van der Waals surface area (Å²) in [5, 5.41) is 2.42. The number of rotatable bonds is 0. The molecule has 1 fully saturated rings. The summed E-state index contributed by atoms with van der Waals surface area (Å²) in [5.74, 6) is -0.600. The molecule has 1 heterocycles. The second kappa shape index (κ2) is 2.05. The summed E-state index contributed by atoms with van der Waals surface area (Å²) < 4.78 is 4.45. The zero-order chi connectivity index (χ0) is 6.85. The minimum Gasteiger partial charge on any atom is -0.454 e. The van der Waals surface area contributed by atoms with Crippen LogP contribution in [0, 0.1) is 0 Å². The Morgan fingerprint density at radius 3 is 2.78 bits per heavy atom. The van der Waals surface area contributed by atoms with E-state index in [-0.39, 0.29) is 18.5 Å². The van der Waals surface area contributed by atoms with Crippen LogP contribution in [-0.2, 0) is 14.3 Å². The number of cyclic esters (lactones) is 1. The second-order valence-electron chi connectivity index (χ2n) is 1.90. The topological polar surface area (TPSA) is 55.4 Å². The number of amides is 1. The highest BCUT2D eigenvalue weighted by atomic mass is 16.5. The molecule has 4 nitrogen and oxygen atoms in total. The number of esters is 1. The van der Waals surface area contributed by atoms with Crippen LogP contribution in [0.2, 0.25) is 0 Å². The lowest BCUT2D eigenvalue weighted by Gasteiger charge is -2.17. The third kappa shape index (κ3) is 1.19.